The van der Waals surface area contributed by atoms with Gasteiger partial charge in [0.25, 0.3) is 0 Å². The molecule has 0 aromatic heterocycles. The van der Waals surface area contributed by atoms with E-state index >= 15 is 0 Å². The lowest BCUT2D eigenvalue weighted by molar-refractivity contribution is -0.167. The molecular formula is C18H34O5. The summed E-state index contributed by atoms with van der Waals surface area (Å²) in [5.74, 6) is -1.69. The van der Waals surface area contributed by atoms with Crippen molar-refractivity contribution < 1.29 is 24.5 Å². The van der Waals surface area contributed by atoms with Crippen molar-refractivity contribution in [1.29, 1.82) is 0 Å². The van der Waals surface area contributed by atoms with E-state index in [1.54, 1.807) is 6.92 Å². The Morgan fingerprint density at radius 1 is 1.00 bits per heavy atom. The summed E-state index contributed by atoms with van der Waals surface area (Å²) in [6.45, 7) is 5.13. The molecule has 5 nitrogen and oxygen atoms in total. The minimum Gasteiger partial charge on any atom is -0.479 e. The zero-order chi connectivity index (χ0) is 17.7. The molecule has 0 aromatic carbocycles. The van der Waals surface area contributed by atoms with Gasteiger partial charge in [-0.1, -0.05) is 58.8 Å². The topological polar surface area (TPSA) is 83.8 Å². The summed E-state index contributed by atoms with van der Waals surface area (Å²) in [5.41, 5.74) is -1.82. The molecule has 0 saturated carbocycles. The number of unbranched alkanes of at least 4 members (excludes halogenated alkanes) is 7. The SMILES string of the molecule is CCCCCCCCCC[C@@H](C[C@](O)(CC)C(=O)O)OC(C)=O. The second-order valence-corrected chi connectivity index (χ2v) is 6.39. The minimum absolute atomic E-state index is 0.0467. The van der Waals surface area contributed by atoms with Gasteiger partial charge in [-0.05, 0) is 19.3 Å². The van der Waals surface area contributed by atoms with Gasteiger partial charge >= 0.3 is 11.9 Å². The molecule has 0 aliphatic rings. The Kier molecular flexibility index (Phi) is 11.7. The van der Waals surface area contributed by atoms with Crippen molar-refractivity contribution in [2.75, 3.05) is 0 Å². The Labute approximate surface area is 140 Å². The van der Waals surface area contributed by atoms with Crippen LogP contribution in [0.5, 0.6) is 0 Å². The zero-order valence-electron chi connectivity index (χ0n) is 15.0. The van der Waals surface area contributed by atoms with Gasteiger partial charge in [0.2, 0.25) is 0 Å². The van der Waals surface area contributed by atoms with Gasteiger partial charge in [-0.3, -0.25) is 4.79 Å². The monoisotopic (exact) mass is 330 g/mol. The van der Waals surface area contributed by atoms with E-state index in [4.69, 9.17) is 9.84 Å². The van der Waals surface area contributed by atoms with E-state index < -0.39 is 23.6 Å². The van der Waals surface area contributed by atoms with Crippen molar-refractivity contribution in [3.63, 3.8) is 0 Å². The van der Waals surface area contributed by atoms with Crippen LogP contribution in [0.15, 0.2) is 0 Å². The van der Waals surface area contributed by atoms with Crippen molar-refractivity contribution in [1.82, 2.24) is 0 Å². The molecule has 0 aromatic rings. The highest BCUT2D eigenvalue weighted by atomic mass is 16.5. The summed E-state index contributed by atoms with van der Waals surface area (Å²) in [4.78, 5) is 22.4. The van der Waals surface area contributed by atoms with E-state index in [1.807, 2.05) is 0 Å². The first-order valence-electron chi connectivity index (χ1n) is 8.98. The van der Waals surface area contributed by atoms with Crippen LogP contribution in [0.1, 0.15) is 91.4 Å². The third-order valence-electron chi connectivity index (χ3n) is 4.26. The van der Waals surface area contributed by atoms with Crippen molar-refractivity contribution in [2.45, 2.75) is 103 Å². The van der Waals surface area contributed by atoms with Crippen LogP contribution in [0.4, 0.5) is 0 Å². The molecule has 0 bridgehead atoms. The summed E-state index contributed by atoms with van der Waals surface area (Å²) in [5, 5.41) is 19.3. The minimum atomic E-state index is -1.82. The lowest BCUT2D eigenvalue weighted by Gasteiger charge is -2.27. The van der Waals surface area contributed by atoms with E-state index in [9.17, 15) is 14.7 Å². The van der Waals surface area contributed by atoms with Crippen LogP contribution < -0.4 is 0 Å². The number of rotatable bonds is 14. The number of hydrogen-bond donors (Lipinski definition) is 2. The Bertz CT molecular complexity index is 342. The number of esters is 1. The molecule has 2 N–H and O–H groups in total. The van der Waals surface area contributed by atoms with Gasteiger partial charge in [0.05, 0.1) is 0 Å². The third kappa shape index (κ3) is 10.3. The molecule has 0 saturated heterocycles. The molecule has 0 fully saturated rings. The average Bonchev–Trinajstić information content (AvgIpc) is 2.48. The molecule has 0 amide bonds. The van der Waals surface area contributed by atoms with Gasteiger partial charge in [-0.2, -0.15) is 0 Å². The zero-order valence-corrected chi connectivity index (χ0v) is 15.0. The Morgan fingerprint density at radius 3 is 1.96 bits per heavy atom. The first-order chi connectivity index (χ1) is 10.9. The highest BCUT2D eigenvalue weighted by Gasteiger charge is 2.37. The first kappa shape index (κ1) is 21.9. The van der Waals surface area contributed by atoms with Crippen LogP contribution >= 0.6 is 0 Å². The number of carbonyl (C=O) groups is 2. The molecule has 0 aliphatic heterocycles. The summed E-state index contributed by atoms with van der Waals surface area (Å²) < 4.78 is 5.20. The summed E-state index contributed by atoms with van der Waals surface area (Å²) in [6, 6.07) is 0. The number of aliphatic hydroxyl groups is 1. The number of carboxylic acid groups (broad SMARTS) is 1. The van der Waals surface area contributed by atoms with E-state index in [-0.39, 0.29) is 12.8 Å². The van der Waals surface area contributed by atoms with E-state index in [2.05, 4.69) is 6.92 Å². The van der Waals surface area contributed by atoms with Crippen LogP contribution in [0.25, 0.3) is 0 Å². The molecule has 136 valence electrons. The molecule has 0 aliphatic carbocycles. The van der Waals surface area contributed by atoms with Crippen LogP contribution in [0, 0.1) is 0 Å². The molecule has 23 heavy (non-hydrogen) atoms. The maximum absolute atomic E-state index is 11.2. The van der Waals surface area contributed by atoms with E-state index in [1.165, 1.54) is 39.0 Å². The lowest BCUT2D eigenvalue weighted by Crippen LogP contribution is -2.42. The van der Waals surface area contributed by atoms with Crippen molar-refractivity contribution >= 4 is 11.9 Å². The third-order valence-corrected chi connectivity index (χ3v) is 4.26. The largest absolute Gasteiger partial charge is 0.479 e. The molecule has 2 atom stereocenters. The lowest BCUT2D eigenvalue weighted by atomic mass is 9.91. The quantitative estimate of drug-likeness (QED) is 0.370. The Morgan fingerprint density at radius 2 is 1.52 bits per heavy atom. The van der Waals surface area contributed by atoms with E-state index in [0.717, 1.165) is 19.3 Å². The molecule has 0 radical (unpaired) electrons. The van der Waals surface area contributed by atoms with E-state index in [0.29, 0.717) is 6.42 Å². The predicted octanol–water partition coefficient (Wildman–Crippen LogP) is 4.06. The van der Waals surface area contributed by atoms with Crippen LogP contribution in [-0.2, 0) is 14.3 Å². The van der Waals surface area contributed by atoms with Gasteiger partial charge < -0.3 is 14.9 Å². The fourth-order valence-electron chi connectivity index (χ4n) is 2.70. The van der Waals surface area contributed by atoms with Crippen LogP contribution in [0.2, 0.25) is 0 Å². The standard InChI is InChI=1S/C18H34O5/c1-4-6-7-8-9-10-11-12-13-16(23-15(3)19)14-18(22,5-2)17(20)21/h16,22H,4-14H2,1-3H3,(H,20,21)/t16-,18+/m0/s1. The number of aliphatic carboxylic acids is 1. The van der Waals surface area contributed by atoms with Gasteiger partial charge in [0.1, 0.15) is 6.10 Å². The summed E-state index contributed by atoms with van der Waals surface area (Å²) >= 11 is 0. The maximum Gasteiger partial charge on any atom is 0.335 e. The molecule has 0 unspecified atom stereocenters. The van der Waals surface area contributed by atoms with Gasteiger partial charge in [-0.15, -0.1) is 0 Å². The molecule has 0 spiro atoms. The first-order valence-corrected chi connectivity index (χ1v) is 8.98. The number of carboxylic acids is 1. The summed E-state index contributed by atoms with van der Waals surface area (Å²) in [6.07, 6.45) is 9.48. The van der Waals surface area contributed by atoms with Crippen molar-refractivity contribution in [3.05, 3.63) is 0 Å². The predicted molar refractivity (Wildman–Crippen MR) is 90.3 cm³/mol. The molecule has 0 rings (SSSR count). The maximum atomic E-state index is 11.2. The van der Waals surface area contributed by atoms with Crippen molar-refractivity contribution in [2.24, 2.45) is 0 Å². The highest BCUT2D eigenvalue weighted by molar-refractivity contribution is 5.77. The average molecular weight is 330 g/mol. The van der Waals surface area contributed by atoms with Crippen LogP contribution in [-0.4, -0.2) is 33.9 Å². The fraction of sp³-hybridized carbons (Fsp3) is 0.889. The number of hydrogen-bond acceptors (Lipinski definition) is 4. The smallest absolute Gasteiger partial charge is 0.335 e. The normalized spacial score (nSPS) is 15.0. The fourth-order valence-corrected chi connectivity index (χ4v) is 2.70. The Balaban J connectivity index is 4.16. The number of carbonyl (C=O) groups excluding carboxylic acids is 1. The van der Waals surface area contributed by atoms with Gasteiger partial charge in [0, 0.05) is 13.3 Å². The number of ether oxygens (including phenoxy) is 1. The molecular weight excluding hydrogens is 296 g/mol. The second-order valence-electron chi connectivity index (χ2n) is 6.39. The second kappa shape index (κ2) is 12.3. The Hall–Kier alpha value is -1.10. The van der Waals surface area contributed by atoms with Gasteiger partial charge in [-0.25, -0.2) is 4.79 Å². The van der Waals surface area contributed by atoms with Gasteiger partial charge in [0.15, 0.2) is 5.60 Å². The summed E-state index contributed by atoms with van der Waals surface area (Å²) in [7, 11) is 0. The molecule has 5 heteroatoms. The highest BCUT2D eigenvalue weighted by Crippen LogP contribution is 2.23. The van der Waals surface area contributed by atoms with Crippen molar-refractivity contribution in [3.8, 4) is 0 Å². The van der Waals surface area contributed by atoms with Crippen LogP contribution in [0.3, 0.4) is 0 Å². The molecule has 0 heterocycles.